The molecule has 0 aromatic heterocycles. The van der Waals surface area contributed by atoms with Crippen LogP contribution in [0.4, 0.5) is 5.69 Å². The maximum absolute atomic E-state index is 6.03. The average molecular weight is 287 g/mol. The molecule has 20 heavy (non-hydrogen) atoms. The zero-order valence-corrected chi connectivity index (χ0v) is 11.7. The topological polar surface area (TPSA) is 33.6 Å². The summed E-state index contributed by atoms with van der Waals surface area (Å²) >= 11 is 6.03. The van der Waals surface area contributed by atoms with Gasteiger partial charge < -0.3 is 4.74 Å². The van der Waals surface area contributed by atoms with E-state index in [1.807, 2.05) is 42.5 Å². The Bertz CT molecular complexity index is 611. The molecule has 2 aromatic carbocycles. The highest BCUT2D eigenvalue weighted by Gasteiger charge is 1.99. The summed E-state index contributed by atoms with van der Waals surface area (Å²) in [5.41, 5.74) is 4.55. The molecule has 0 heterocycles. The van der Waals surface area contributed by atoms with E-state index >= 15 is 0 Å². The lowest BCUT2D eigenvalue weighted by Gasteiger charge is -2.06. The van der Waals surface area contributed by atoms with Crippen LogP contribution in [0.25, 0.3) is 0 Å². The molecule has 2 rings (SSSR count). The summed E-state index contributed by atoms with van der Waals surface area (Å²) in [7, 11) is 0. The van der Waals surface area contributed by atoms with E-state index in [4.69, 9.17) is 16.3 Å². The number of nitrogens with one attached hydrogen (secondary N) is 1. The number of nitrogens with zero attached hydrogens (tertiary/aromatic N) is 1. The van der Waals surface area contributed by atoms with Crippen LogP contribution in [-0.4, -0.2) is 12.8 Å². The fraction of sp³-hybridized carbons (Fsp3) is 0.0625. The van der Waals surface area contributed by atoms with Gasteiger partial charge in [-0.3, -0.25) is 5.43 Å². The van der Waals surface area contributed by atoms with Gasteiger partial charge in [0.05, 0.1) is 16.9 Å². The Balaban J connectivity index is 2.08. The summed E-state index contributed by atoms with van der Waals surface area (Å²) in [5.74, 6) is 0.761. The summed E-state index contributed by atoms with van der Waals surface area (Å²) in [6.45, 7) is 4.09. The highest BCUT2D eigenvalue weighted by Crippen LogP contribution is 2.20. The minimum absolute atomic E-state index is 0.461. The molecule has 2 aromatic rings. The number of para-hydroxylation sites is 2. The second-order valence-electron chi connectivity index (χ2n) is 3.99. The van der Waals surface area contributed by atoms with E-state index in [0.29, 0.717) is 11.6 Å². The van der Waals surface area contributed by atoms with Crippen molar-refractivity contribution in [2.24, 2.45) is 5.10 Å². The number of rotatable bonds is 6. The number of hydrogen-bond acceptors (Lipinski definition) is 3. The molecule has 0 amide bonds. The average Bonchev–Trinajstić information content (AvgIpc) is 2.48. The molecule has 0 spiro atoms. The van der Waals surface area contributed by atoms with E-state index in [-0.39, 0.29) is 0 Å². The summed E-state index contributed by atoms with van der Waals surface area (Å²) in [6, 6.07) is 15.1. The van der Waals surface area contributed by atoms with Crippen molar-refractivity contribution in [3.63, 3.8) is 0 Å². The first kappa shape index (κ1) is 14.2. The van der Waals surface area contributed by atoms with E-state index in [1.165, 1.54) is 0 Å². The van der Waals surface area contributed by atoms with Gasteiger partial charge in [0.25, 0.3) is 0 Å². The van der Waals surface area contributed by atoms with Crippen molar-refractivity contribution in [1.82, 2.24) is 0 Å². The van der Waals surface area contributed by atoms with Gasteiger partial charge in [-0.25, -0.2) is 0 Å². The first-order valence-corrected chi connectivity index (χ1v) is 6.55. The van der Waals surface area contributed by atoms with E-state index in [9.17, 15) is 0 Å². The van der Waals surface area contributed by atoms with Gasteiger partial charge in [-0.05, 0) is 24.3 Å². The molecule has 0 atom stereocenters. The van der Waals surface area contributed by atoms with Crippen molar-refractivity contribution in [1.29, 1.82) is 0 Å². The van der Waals surface area contributed by atoms with Gasteiger partial charge in [0, 0.05) is 5.56 Å². The summed E-state index contributed by atoms with van der Waals surface area (Å²) in [4.78, 5) is 0. The Hall–Kier alpha value is -2.26. The molecule has 0 aliphatic carbocycles. The van der Waals surface area contributed by atoms with Crippen molar-refractivity contribution >= 4 is 23.5 Å². The van der Waals surface area contributed by atoms with E-state index in [1.54, 1.807) is 18.4 Å². The lowest BCUT2D eigenvalue weighted by atomic mass is 10.2. The molecule has 0 saturated heterocycles. The molecule has 0 unspecified atom stereocenters. The first-order valence-electron chi connectivity index (χ1n) is 6.17. The van der Waals surface area contributed by atoms with Crippen LogP contribution in [0.2, 0.25) is 5.02 Å². The Morgan fingerprint density at radius 2 is 1.90 bits per heavy atom. The van der Waals surface area contributed by atoms with Gasteiger partial charge in [0.15, 0.2) is 0 Å². The Labute approximate surface area is 123 Å². The Kier molecular flexibility index (Phi) is 5.21. The number of ether oxygens (including phenoxy) is 1. The van der Waals surface area contributed by atoms with E-state index in [2.05, 4.69) is 17.1 Å². The van der Waals surface area contributed by atoms with E-state index in [0.717, 1.165) is 17.0 Å². The van der Waals surface area contributed by atoms with Crippen LogP contribution in [0.5, 0.6) is 5.75 Å². The number of halogens is 1. The molecule has 1 N–H and O–H groups in total. The summed E-state index contributed by atoms with van der Waals surface area (Å²) in [5, 5.41) is 4.80. The normalized spacial score (nSPS) is 10.4. The summed E-state index contributed by atoms with van der Waals surface area (Å²) < 4.78 is 5.55. The maximum atomic E-state index is 6.03. The van der Waals surface area contributed by atoms with Gasteiger partial charge >= 0.3 is 0 Å². The molecule has 0 aliphatic rings. The van der Waals surface area contributed by atoms with Gasteiger partial charge in [0.2, 0.25) is 0 Å². The van der Waals surface area contributed by atoms with Crippen molar-refractivity contribution in [3.05, 3.63) is 71.8 Å². The molecule has 0 aliphatic heterocycles. The molecule has 102 valence electrons. The SMILES string of the molecule is C=CCOc1ccccc1/C=N\Nc1ccccc1Cl. The molecular weight excluding hydrogens is 272 g/mol. The second-order valence-corrected chi connectivity index (χ2v) is 4.39. The predicted octanol–water partition coefficient (Wildman–Crippen LogP) is 4.35. The van der Waals surface area contributed by atoms with Crippen molar-refractivity contribution < 1.29 is 4.74 Å². The molecular formula is C16H15ClN2O. The van der Waals surface area contributed by atoms with Crippen molar-refractivity contribution in [2.45, 2.75) is 0 Å². The van der Waals surface area contributed by atoms with Crippen LogP contribution in [0, 0.1) is 0 Å². The number of hydrogen-bond donors (Lipinski definition) is 1. The molecule has 0 bridgehead atoms. The fourth-order valence-corrected chi connectivity index (χ4v) is 1.77. The maximum Gasteiger partial charge on any atom is 0.128 e. The zero-order valence-electron chi connectivity index (χ0n) is 10.9. The highest BCUT2D eigenvalue weighted by atomic mass is 35.5. The minimum atomic E-state index is 0.461. The van der Waals surface area contributed by atoms with Gasteiger partial charge in [-0.1, -0.05) is 48.5 Å². The number of anilines is 1. The third-order valence-electron chi connectivity index (χ3n) is 2.54. The number of benzene rings is 2. The monoisotopic (exact) mass is 286 g/mol. The quantitative estimate of drug-likeness (QED) is 0.486. The minimum Gasteiger partial charge on any atom is -0.489 e. The molecule has 4 heteroatoms. The largest absolute Gasteiger partial charge is 0.489 e. The lowest BCUT2D eigenvalue weighted by molar-refractivity contribution is 0.363. The van der Waals surface area contributed by atoms with Crippen molar-refractivity contribution in [2.75, 3.05) is 12.0 Å². The smallest absolute Gasteiger partial charge is 0.128 e. The van der Waals surface area contributed by atoms with Gasteiger partial charge in [-0.2, -0.15) is 5.10 Å². The second kappa shape index (κ2) is 7.36. The van der Waals surface area contributed by atoms with Crippen LogP contribution < -0.4 is 10.2 Å². The van der Waals surface area contributed by atoms with Crippen LogP contribution in [-0.2, 0) is 0 Å². The van der Waals surface area contributed by atoms with Crippen LogP contribution in [0.1, 0.15) is 5.56 Å². The summed E-state index contributed by atoms with van der Waals surface area (Å²) in [6.07, 6.45) is 3.40. The lowest BCUT2D eigenvalue weighted by Crippen LogP contribution is -1.98. The molecule has 0 radical (unpaired) electrons. The molecule has 0 saturated carbocycles. The number of hydrazone groups is 1. The molecule has 0 fully saturated rings. The predicted molar refractivity (Wildman–Crippen MR) is 84.8 cm³/mol. The Morgan fingerprint density at radius 3 is 2.70 bits per heavy atom. The van der Waals surface area contributed by atoms with Crippen molar-refractivity contribution in [3.8, 4) is 5.75 Å². The van der Waals surface area contributed by atoms with Crippen LogP contribution in [0.15, 0.2) is 66.3 Å². The van der Waals surface area contributed by atoms with E-state index < -0.39 is 0 Å². The fourth-order valence-electron chi connectivity index (χ4n) is 1.59. The first-order chi connectivity index (χ1) is 9.81. The van der Waals surface area contributed by atoms with Gasteiger partial charge in [-0.15, -0.1) is 0 Å². The standard InChI is InChI=1S/C16H15ClN2O/c1-2-11-20-16-10-6-3-7-13(16)12-18-19-15-9-5-4-8-14(15)17/h2-10,12,19H,1,11H2/b18-12-. The van der Waals surface area contributed by atoms with Gasteiger partial charge in [0.1, 0.15) is 12.4 Å². The third-order valence-corrected chi connectivity index (χ3v) is 2.87. The third kappa shape index (κ3) is 3.87. The molecule has 3 nitrogen and oxygen atoms in total. The van der Waals surface area contributed by atoms with Crippen LogP contribution >= 0.6 is 11.6 Å². The Morgan fingerprint density at radius 1 is 1.15 bits per heavy atom. The highest BCUT2D eigenvalue weighted by molar-refractivity contribution is 6.33. The van der Waals surface area contributed by atoms with Crippen LogP contribution in [0.3, 0.4) is 0 Å². The zero-order chi connectivity index (χ0) is 14.2.